The molecule has 0 bridgehead atoms. The van der Waals surface area contributed by atoms with Gasteiger partial charge in [0.05, 0.1) is 0 Å². The molecule has 1 amide bonds. The van der Waals surface area contributed by atoms with Gasteiger partial charge in [-0.25, -0.2) is 4.79 Å². The summed E-state index contributed by atoms with van der Waals surface area (Å²) >= 11 is 9.83. The second-order valence-electron chi connectivity index (χ2n) is 8.93. The summed E-state index contributed by atoms with van der Waals surface area (Å²) in [4.78, 5) is 15.8. The Labute approximate surface area is 189 Å². The zero-order valence-corrected chi connectivity index (χ0v) is 20.1. The van der Waals surface area contributed by atoms with E-state index in [0.717, 1.165) is 36.1 Å². The summed E-state index contributed by atoms with van der Waals surface area (Å²) in [5, 5.41) is 0.826. The van der Waals surface area contributed by atoms with Crippen molar-refractivity contribution in [1.29, 1.82) is 0 Å². The lowest BCUT2D eigenvalue weighted by atomic mass is 9.84. The molecule has 0 spiro atoms. The second-order valence-corrected chi connectivity index (χ2v) is 10.2. The van der Waals surface area contributed by atoms with Gasteiger partial charge in [0.15, 0.2) is 0 Å². The summed E-state index contributed by atoms with van der Waals surface area (Å²) in [7, 11) is 3.48. The van der Waals surface area contributed by atoms with E-state index in [0.29, 0.717) is 0 Å². The summed E-state index contributed by atoms with van der Waals surface area (Å²) in [6.07, 6.45) is 9.24. The van der Waals surface area contributed by atoms with Gasteiger partial charge in [-0.3, -0.25) is 0 Å². The molecule has 2 aliphatic rings. The zero-order chi connectivity index (χ0) is 20.8. The standard InChI is InChI=1S/C23H34BrClN2O2/c1-26(2)23(28)29-21-6-3-17(4-7-21)9-12-27-13-10-18(11-14-27)15-19-16-20(25)5-8-22(19)24/h5,8,16-18,21H,3-4,6-7,9-15H2,1-2H3. The molecule has 0 atom stereocenters. The zero-order valence-electron chi connectivity index (χ0n) is 17.7. The molecule has 1 aliphatic carbocycles. The van der Waals surface area contributed by atoms with Gasteiger partial charge in [0.25, 0.3) is 0 Å². The van der Waals surface area contributed by atoms with Crippen molar-refractivity contribution < 1.29 is 9.53 Å². The fourth-order valence-corrected chi connectivity index (χ4v) is 5.18. The van der Waals surface area contributed by atoms with Gasteiger partial charge in [-0.1, -0.05) is 27.5 Å². The van der Waals surface area contributed by atoms with Crippen LogP contribution in [-0.4, -0.2) is 55.7 Å². The van der Waals surface area contributed by atoms with E-state index in [1.54, 1.807) is 14.1 Å². The molecule has 4 nitrogen and oxygen atoms in total. The van der Waals surface area contributed by atoms with Gasteiger partial charge in [-0.05, 0) is 107 Å². The number of carbonyl (C=O) groups is 1. The highest BCUT2D eigenvalue weighted by Gasteiger charge is 2.26. The molecule has 0 unspecified atom stereocenters. The Morgan fingerprint density at radius 2 is 1.83 bits per heavy atom. The van der Waals surface area contributed by atoms with Crippen LogP contribution in [0.1, 0.15) is 50.5 Å². The lowest BCUT2D eigenvalue weighted by Gasteiger charge is -2.34. The highest BCUT2D eigenvalue weighted by Crippen LogP contribution is 2.31. The number of carbonyl (C=O) groups excluding carboxylic acids is 1. The predicted molar refractivity (Wildman–Crippen MR) is 123 cm³/mol. The molecule has 1 saturated heterocycles. The highest BCUT2D eigenvalue weighted by atomic mass is 79.9. The Morgan fingerprint density at radius 3 is 2.48 bits per heavy atom. The van der Waals surface area contributed by atoms with Crippen molar-refractivity contribution in [2.75, 3.05) is 33.7 Å². The van der Waals surface area contributed by atoms with Crippen LogP contribution in [0.15, 0.2) is 22.7 Å². The Kier molecular flexibility index (Phi) is 8.70. The first-order valence-electron chi connectivity index (χ1n) is 10.9. The average molecular weight is 486 g/mol. The van der Waals surface area contributed by atoms with E-state index in [-0.39, 0.29) is 12.2 Å². The number of benzene rings is 1. The van der Waals surface area contributed by atoms with Crippen LogP contribution in [0, 0.1) is 11.8 Å². The Balaban J connectivity index is 1.32. The molecule has 162 valence electrons. The molecule has 0 aromatic heterocycles. The minimum absolute atomic E-state index is 0.114. The van der Waals surface area contributed by atoms with Crippen molar-refractivity contribution in [3.8, 4) is 0 Å². The van der Waals surface area contributed by atoms with E-state index < -0.39 is 0 Å². The maximum atomic E-state index is 11.7. The first-order chi connectivity index (χ1) is 13.9. The van der Waals surface area contributed by atoms with Crippen molar-refractivity contribution in [3.05, 3.63) is 33.3 Å². The fourth-order valence-electron chi connectivity index (χ4n) is 4.58. The second kappa shape index (κ2) is 11.0. The van der Waals surface area contributed by atoms with E-state index in [1.165, 1.54) is 66.7 Å². The van der Waals surface area contributed by atoms with Gasteiger partial charge in [-0.2, -0.15) is 0 Å². The van der Waals surface area contributed by atoms with E-state index in [1.807, 2.05) is 6.07 Å². The predicted octanol–water partition coefficient (Wildman–Crippen LogP) is 6.00. The maximum absolute atomic E-state index is 11.7. The number of hydrogen-bond acceptors (Lipinski definition) is 3. The van der Waals surface area contributed by atoms with Gasteiger partial charge in [0, 0.05) is 23.6 Å². The number of piperidine rings is 1. The number of amides is 1. The Bertz CT molecular complexity index is 669. The normalized spacial score (nSPS) is 23.7. The van der Waals surface area contributed by atoms with E-state index in [9.17, 15) is 4.79 Å². The van der Waals surface area contributed by atoms with E-state index in [2.05, 4.69) is 33.0 Å². The largest absolute Gasteiger partial charge is 0.446 e. The molecule has 0 radical (unpaired) electrons. The third-order valence-electron chi connectivity index (χ3n) is 6.50. The summed E-state index contributed by atoms with van der Waals surface area (Å²) in [6.45, 7) is 3.62. The number of halogens is 2. The number of rotatable bonds is 6. The van der Waals surface area contributed by atoms with Crippen LogP contribution < -0.4 is 0 Å². The quantitative estimate of drug-likeness (QED) is 0.495. The van der Waals surface area contributed by atoms with Crippen LogP contribution in [-0.2, 0) is 11.2 Å². The van der Waals surface area contributed by atoms with Crippen LogP contribution in [0.3, 0.4) is 0 Å². The number of likely N-dealkylation sites (tertiary alicyclic amines) is 1. The van der Waals surface area contributed by atoms with Crippen molar-refractivity contribution in [1.82, 2.24) is 9.80 Å². The summed E-state index contributed by atoms with van der Waals surface area (Å²) in [5.41, 5.74) is 1.34. The molecule has 6 heteroatoms. The number of nitrogens with zero attached hydrogens (tertiary/aromatic N) is 2. The van der Waals surface area contributed by atoms with Crippen LogP contribution in [0.5, 0.6) is 0 Å². The fraction of sp³-hybridized carbons (Fsp3) is 0.696. The number of ether oxygens (including phenoxy) is 1. The van der Waals surface area contributed by atoms with Gasteiger partial charge < -0.3 is 14.5 Å². The van der Waals surface area contributed by atoms with Crippen molar-refractivity contribution in [3.63, 3.8) is 0 Å². The van der Waals surface area contributed by atoms with Gasteiger partial charge in [-0.15, -0.1) is 0 Å². The third kappa shape index (κ3) is 7.15. The molecule has 2 fully saturated rings. The van der Waals surface area contributed by atoms with Crippen LogP contribution in [0.2, 0.25) is 5.02 Å². The number of hydrogen-bond donors (Lipinski definition) is 0. The molecule has 1 aromatic carbocycles. The minimum atomic E-state index is -0.207. The molecular formula is C23H34BrClN2O2. The monoisotopic (exact) mass is 484 g/mol. The first kappa shape index (κ1) is 22.9. The van der Waals surface area contributed by atoms with E-state index >= 15 is 0 Å². The topological polar surface area (TPSA) is 32.8 Å². The third-order valence-corrected chi connectivity index (χ3v) is 7.51. The molecular weight excluding hydrogens is 452 g/mol. The van der Waals surface area contributed by atoms with Gasteiger partial charge in [0.1, 0.15) is 6.10 Å². The van der Waals surface area contributed by atoms with E-state index in [4.69, 9.17) is 16.3 Å². The summed E-state index contributed by atoms with van der Waals surface area (Å²) < 4.78 is 6.71. The van der Waals surface area contributed by atoms with Crippen LogP contribution >= 0.6 is 27.5 Å². The molecule has 3 rings (SSSR count). The molecule has 1 saturated carbocycles. The highest BCUT2D eigenvalue weighted by molar-refractivity contribution is 9.10. The minimum Gasteiger partial charge on any atom is -0.446 e. The van der Waals surface area contributed by atoms with Crippen LogP contribution in [0.4, 0.5) is 4.79 Å². The molecule has 29 heavy (non-hydrogen) atoms. The Hall–Kier alpha value is -0.780. The molecule has 1 aliphatic heterocycles. The van der Waals surface area contributed by atoms with Gasteiger partial charge >= 0.3 is 6.09 Å². The lowest BCUT2D eigenvalue weighted by Crippen LogP contribution is -2.36. The summed E-state index contributed by atoms with van der Waals surface area (Å²) in [6, 6.07) is 6.10. The van der Waals surface area contributed by atoms with Crippen molar-refractivity contribution >= 4 is 33.6 Å². The molecule has 1 aromatic rings. The molecule has 1 heterocycles. The molecule has 0 N–H and O–H groups in total. The SMILES string of the molecule is CN(C)C(=O)OC1CCC(CCN2CCC(Cc3cc(Cl)ccc3Br)CC2)CC1. The van der Waals surface area contributed by atoms with Crippen molar-refractivity contribution in [2.24, 2.45) is 11.8 Å². The average Bonchev–Trinajstić information content (AvgIpc) is 2.71. The Morgan fingerprint density at radius 1 is 1.14 bits per heavy atom. The van der Waals surface area contributed by atoms with Gasteiger partial charge in [0.2, 0.25) is 0 Å². The first-order valence-corrected chi connectivity index (χ1v) is 12.1. The van der Waals surface area contributed by atoms with Crippen molar-refractivity contribution in [2.45, 2.75) is 57.5 Å². The van der Waals surface area contributed by atoms with Crippen LogP contribution in [0.25, 0.3) is 0 Å². The summed E-state index contributed by atoms with van der Waals surface area (Å²) in [5.74, 6) is 1.53. The lowest BCUT2D eigenvalue weighted by molar-refractivity contribution is 0.0442. The smallest absolute Gasteiger partial charge is 0.409 e. The maximum Gasteiger partial charge on any atom is 0.409 e.